The van der Waals surface area contributed by atoms with Gasteiger partial charge < -0.3 is 0 Å². The van der Waals surface area contributed by atoms with E-state index in [1.54, 1.807) is 0 Å². The average molecular weight is 363 g/mol. The van der Waals surface area contributed by atoms with Crippen LogP contribution in [0.25, 0.3) is 17.3 Å². The van der Waals surface area contributed by atoms with Crippen molar-refractivity contribution < 1.29 is 0 Å². The Hall–Kier alpha value is -3.72. The molecule has 0 amide bonds. The van der Waals surface area contributed by atoms with Crippen LogP contribution in [-0.2, 0) is 0 Å². The second-order valence-electron chi connectivity index (χ2n) is 6.46. The fourth-order valence-electron chi connectivity index (χ4n) is 3.06. The number of aromatic nitrogens is 3. The predicted octanol–water partition coefficient (Wildman–Crippen LogP) is 5.80. The van der Waals surface area contributed by atoms with Crippen molar-refractivity contribution in [3.05, 3.63) is 127 Å². The Morgan fingerprint density at radius 1 is 0.714 bits per heavy atom. The van der Waals surface area contributed by atoms with E-state index in [9.17, 15) is 0 Å². The molecule has 1 heterocycles. The molecule has 28 heavy (non-hydrogen) atoms. The summed E-state index contributed by atoms with van der Waals surface area (Å²) in [5, 5.41) is 8.77. The molecule has 0 saturated carbocycles. The number of hydrogen-bond donors (Lipinski definition) is 0. The van der Waals surface area contributed by atoms with Gasteiger partial charge in [0, 0.05) is 5.56 Å². The first-order valence-electron chi connectivity index (χ1n) is 9.32. The van der Waals surface area contributed by atoms with Crippen LogP contribution >= 0.6 is 0 Å². The molecule has 4 rings (SSSR count). The molecule has 1 atom stereocenters. The van der Waals surface area contributed by atoms with Crippen molar-refractivity contribution in [2.24, 2.45) is 0 Å². The maximum atomic E-state index is 4.40. The molecule has 0 aliphatic carbocycles. The van der Waals surface area contributed by atoms with Crippen LogP contribution in [0, 0.1) is 0 Å². The number of allylic oxidation sites excluding steroid dienone is 3. The molecule has 4 aromatic rings. The van der Waals surface area contributed by atoms with Crippen molar-refractivity contribution in [1.29, 1.82) is 0 Å². The Morgan fingerprint density at radius 3 is 2.07 bits per heavy atom. The molecule has 0 fully saturated rings. The third kappa shape index (κ3) is 4.33. The molecule has 0 spiro atoms. The fraction of sp³-hybridized carbons (Fsp3) is 0.0400. The van der Waals surface area contributed by atoms with Crippen molar-refractivity contribution in [1.82, 2.24) is 15.0 Å². The van der Waals surface area contributed by atoms with Crippen LogP contribution in [0.5, 0.6) is 0 Å². The zero-order valence-corrected chi connectivity index (χ0v) is 15.5. The van der Waals surface area contributed by atoms with Crippen LogP contribution in [0.1, 0.15) is 17.2 Å². The number of nitrogens with zero attached hydrogens (tertiary/aromatic N) is 3. The molecule has 1 unspecified atom stereocenters. The van der Waals surface area contributed by atoms with Gasteiger partial charge in [-0.3, -0.25) is 0 Å². The largest absolute Gasteiger partial charge is 0.241 e. The molecule has 0 radical (unpaired) electrons. The van der Waals surface area contributed by atoms with Crippen LogP contribution in [0.15, 0.2) is 115 Å². The fourth-order valence-corrected chi connectivity index (χ4v) is 3.06. The quantitative estimate of drug-likeness (QED) is 0.405. The van der Waals surface area contributed by atoms with Gasteiger partial charge in [0.15, 0.2) is 0 Å². The summed E-state index contributed by atoms with van der Waals surface area (Å²) in [5.41, 5.74) is 4.27. The van der Waals surface area contributed by atoms with Crippen molar-refractivity contribution >= 4 is 6.08 Å². The lowest BCUT2D eigenvalue weighted by Crippen LogP contribution is -2.08. The number of rotatable bonds is 6. The second-order valence-corrected chi connectivity index (χ2v) is 6.46. The molecule has 1 aromatic heterocycles. The maximum absolute atomic E-state index is 4.40. The lowest BCUT2D eigenvalue weighted by molar-refractivity contribution is 0.585. The van der Waals surface area contributed by atoms with E-state index >= 15 is 0 Å². The van der Waals surface area contributed by atoms with Crippen molar-refractivity contribution in [3.63, 3.8) is 0 Å². The van der Waals surface area contributed by atoms with Gasteiger partial charge in [-0.05, 0) is 11.1 Å². The summed E-state index contributed by atoms with van der Waals surface area (Å²) in [4.78, 5) is 0. The molecular formula is C25H21N3. The van der Waals surface area contributed by atoms with Gasteiger partial charge in [-0.2, -0.15) is 0 Å². The van der Waals surface area contributed by atoms with Gasteiger partial charge in [-0.25, -0.2) is 4.68 Å². The summed E-state index contributed by atoms with van der Waals surface area (Å²) in [6.45, 7) is 0. The standard InChI is InChI=1S/C25H21N3/c1-4-12-21(13-5-1)14-10-11-19-25(23-17-8-3-9-18-23)28-20-24(26-27-28)22-15-6-2-7-16-22/h1-20,25H/b14-10+,19-11+. The first-order valence-corrected chi connectivity index (χ1v) is 9.32. The Kier molecular flexibility index (Phi) is 5.54. The predicted molar refractivity (Wildman–Crippen MR) is 115 cm³/mol. The first kappa shape index (κ1) is 17.7. The van der Waals surface area contributed by atoms with Crippen LogP contribution in [0.4, 0.5) is 0 Å². The SMILES string of the molecule is C(/C=C/C(c1ccccc1)n1cc(-c2ccccc2)nn1)=C\c1ccccc1. The van der Waals surface area contributed by atoms with Crippen LogP contribution in [0.2, 0.25) is 0 Å². The minimum Gasteiger partial charge on any atom is -0.241 e. The van der Waals surface area contributed by atoms with E-state index in [1.807, 2.05) is 77.6 Å². The summed E-state index contributed by atoms with van der Waals surface area (Å²) in [6.07, 6.45) is 10.3. The van der Waals surface area contributed by atoms with Crippen LogP contribution in [-0.4, -0.2) is 15.0 Å². The third-order valence-electron chi connectivity index (χ3n) is 4.50. The molecule has 0 saturated heterocycles. The zero-order valence-electron chi connectivity index (χ0n) is 15.5. The van der Waals surface area contributed by atoms with E-state index < -0.39 is 0 Å². The topological polar surface area (TPSA) is 30.7 Å². The van der Waals surface area contributed by atoms with Crippen molar-refractivity contribution in [3.8, 4) is 11.3 Å². The third-order valence-corrected chi connectivity index (χ3v) is 4.50. The van der Waals surface area contributed by atoms with Gasteiger partial charge in [0.05, 0.1) is 12.2 Å². The molecule has 3 nitrogen and oxygen atoms in total. The Bertz CT molecular complexity index is 1050. The van der Waals surface area contributed by atoms with E-state index in [0.717, 1.165) is 16.8 Å². The van der Waals surface area contributed by atoms with E-state index in [4.69, 9.17) is 0 Å². The van der Waals surface area contributed by atoms with Crippen LogP contribution < -0.4 is 0 Å². The van der Waals surface area contributed by atoms with Gasteiger partial charge in [-0.15, -0.1) is 5.10 Å². The van der Waals surface area contributed by atoms with Gasteiger partial charge in [-0.1, -0.05) is 121 Å². The summed E-state index contributed by atoms with van der Waals surface area (Å²) in [5.74, 6) is 0. The highest BCUT2D eigenvalue weighted by atomic mass is 15.4. The van der Waals surface area contributed by atoms with Crippen molar-refractivity contribution in [2.45, 2.75) is 6.04 Å². The van der Waals surface area contributed by atoms with E-state index in [2.05, 4.69) is 58.9 Å². The highest BCUT2D eigenvalue weighted by Gasteiger charge is 2.13. The Morgan fingerprint density at radius 2 is 1.36 bits per heavy atom. The minimum atomic E-state index is -0.0217. The summed E-state index contributed by atoms with van der Waals surface area (Å²) >= 11 is 0. The maximum Gasteiger partial charge on any atom is 0.113 e. The monoisotopic (exact) mass is 363 g/mol. The normalized spacial score (nSPS) is 12.6. The Balaban J connectivity index is 1.61. The van der Waals surface area contributed by atoms with E-state index in [1.165, 1.54) is 5.56 Å². The lowest BCUT2D eigenvalue weighted by Gasteiger charge is -2.12. The van der Waals surface area contributed by atoms with E-state index in [0.29, 0.717) is 0 Å². The summed E-state index contributed by atoms with van der Waals surface area (Å²) in [7, 11) is 0. The summed E-state index contributed by atoms with van der Waals surface area (Å²) < 4.78 is 1.91. The van der Waals surface area contributed by atoms with Gasteiger partial charge >= 0.3 is 0 Å². The average Bonchev–Trinajstić information content (AvgIpc) is 3.26. The molecule has 136 valence electrons. The second kappa shape index (κ2) is 8.78. The number of benzene rings is 3. The molecule has 0 N–H and O–H groups in total. The zero-order chi connectivity index (χ0) is 19.0. The molecule has 0 aliphatic heterocycles. The molecule has 0 bridgehead atoms. The molecule has 0 aliphatic rings. The lowest BCUT2D eigenvalue weighted by atomic mass is 10.1. The highest BCUT2D eigenvalue weighted by molar-refractivity contribution is 5.57. The van der Waals surface area contributed by atoms with Gasteiger partial charge in [0.2, 0.25) is 0 Å². The first-order chi connectivity index (χ1) is 13.9. The molecular weight excluding hydrogens is 342 g/mol. The summed E-state index contributed by atoms with van der Waals surface area (Å²) in [6, 6.07) is 30.7. The van der Waals surface area contributed by atoms with Crippen molar-refractivity contribution in [2.75, 3.05) is 0 Å². The molecule has 3 aromatic carbocycles. The van der Waals surface area contributed by atoms with Gasteiger partial charge in [0.25, 0.3) is 0 Å². The number of hydrogen-bond acceptors (Lipinski definition) is 2. The van der Waals surface area contributed by atoms with Crippen LogP contribution in [0.3, 0.4) is 0 Å². The molecule has 3 heteroatoms. The van der Waals surface area contributed by atoms with E-state index in [-0.39, 0.29) is 6.04 Å². The van der Waals surface area contributed by atoms with Gasteiger partial charge in [0.1, 0.15) is 5.69 Å². The Labute approximate surface area is 165 Å². The smallest absolute Gasteiger partial charge is 0.113 e. The minimum absolute atomic E-state index is 0.0217. The highest BCUT2D eigenvalue weighted by Crippen LogP contribution is 2.22.